The Morgan fingerprint density at radius 1 is 0.960 bits per heavy atom. The van der Waals surface area contributed by atoms with Crippen molar-refractivity contribution in [1.82, 2.24) is 14.8 Å². The molecule has 0 spiro atoms. The van der Waals surface area contributed by atoms with Crippen LogP contribution in [0.5, 0.6) is 0 Å². The lowest BCUT2D eigenvalue weighted by atomic mass is 10.1. The van der Waals surface area contributed by atoms with Crippen molar-refractivity contribution in [1.29, 1.82) is 0 Å². The van der Waals surface area contributed by atoms with Crippen LogP contribution in [0.3, 0.4) is 0 Å². The predicted molar refractivity (Wildman–Crippen MR) is 102 cm³/mol. The molecule has 2 aliphatic heterocycles. The van der Waals surface area contributed by atoms with E-state index in [1.165, 1.54) is 45.2 Å². The zero-order valence-electron chi connectivity index (χ0n) is 15.6. The highest BCUT2D eigenvalue weighted by Gasteiger charge is 2.22. The Morgan fingerprint density at radius 2 is 1.64 bits per heavy atom. The molecule has 0 unspecified atom stereocenters. The van der Waals surface area contributed by atoms with Gasteiger partial charge in [-0.15, -0.1) is 0 Å². The number of hydrogen-bond acceptors (Lipinski definition) is 4. The van der Waals surface area contributed by atoms with E-state index in [4.69, 9.17) is 0 Å². The molecule has 0 atom stereocenters. The van der Waals surface area contributed by atoms with Gasteiger partial charge in [-0.1, -0.05) is 25.3 Å². The van der Waals surface area contributed by atoms with Gasteiger partial charge >= 0.3 is 0 Å². The fraction of sp³-hybridized carbons (Fsp3) is 0.700. The lowest BCUT2D eigenvalue weighted by Crippen LogP contribution is -2.49. The van der Waals surface area contributed by atoms with Crippen molar-refractivity contribution in [3.05, 3.63) is 23.9 Å². The van der Waals surface area contributed by atoms with Crippen molar-refractivity contribution in [3.63, 3.8) is 0 Å². The van der Waals surface area contributed by atoms with E-state index in [0.29, 0.717) is 12.3 Å². The Morgan fingerprint density at radius 3 is 2.32 bits per heavy atom. The Balaban J connectivity index is 1.42. The first-order valence-electron chi connectivity index (χ1n) is 9.91. The van der Waals surface area contributed by atoms with Crippen LogP contribution in [0.25, 0.3) is 0 Å². The van der Waals surface area contributed by atoms with Gasteiger partial charge in [-0.2, -0.15) is 0 Å². The smallest absolute Gasteiger partial charge is 0.223 e. The molecule has 2 aliphatic rings. The summed E-state index contributed by atoms with van der Waals surface area (Å²) in [4.78, 5) is 24.0. The molecule has 0 aliphatic carbocycles. The Bertz CT molecular complexity index is 546. The van der Waals surface area contributed by atoms with Gasteiger partial charge < -0.3 is 14.7 Å². The van der Waals surface area contributed by atoms with Gasteiger partial charge in [-0.3, -0.25) is 4.79 Å². The second-order valence-electron chi connectivity index (χ2n) is 7.36. The number of nitrogens with zero attached hydrogens (tertiary/aromatic N) is 4. The number of carbonyl (C=O) groups excluding carboxylic acids is 1. The maximum atomic E-state index is 12.6. The number of amides is 1. The van der Waals surface area contributed by atoms with Gasteiger partial charge in [-0.05, 0) is 45.0 Å². The standard InChI is InChI=1S/C20H32N4O/c1-18-8-7-9-19(21-18)23-14-16-24(17-15-23)20(25)10-13-22-11-5-3-2-4-6-12-22/h7-9H,2-6,10-17H2,1H3. The van der Waals surface area contributed by atoms with Crippen LogP contribution in [0, 0.1) is 6.92 Å². The number of aryl methyl sites for hydroxylation is 1. The van der Waals surface area contributed by atoms with Gasteiger partial charge in [0.1, 0.15) is 5.82 Å². The minimum Gasteiger partial charge on any atom is -0.353 e. The van der Waals surface area contributed by atoms with E-state index in [1.807, 2.05) is 17.9 Å². The molecule has 1 aromatic rings. The maximum absolute atomic E-state index is 12.6. The third-order valence-electron chi connectivity index (χ3n) is 5.42. The van der Waals surface area contributed by atoms with Crippen LogP contribution in [0.15, 0.2) is 18.2 Å². The molecule has 0 radical (unpaired) electrons. The average Bonchev–Trinajstić information content (AvgIpc) is 2.61. The van der Waals surface area contributed by atoms with Gasteiger partial charge in [0.25, 0.3) is 0 Å². The highest BCUT2D eigenvalue weighted by molar-refractivity contribution is 5.76. The Labute approximate surface area is 152 Å². The molecule has 138 valence electrons. The minimum absolute atomic E-state index is 0.318. The van der Waals surface area contributed by atoms with Crippen LogP contribution in [0.4, 0.5) is 5.82 Å². The molecule has 0 N–H and O–H groups in total. The van der Waals surface area contributed by atoms with Crippen molar-refractivity contribution in [2.24, 2.45) is 0 Å². The summed E-state index contributed by atoms with van der Waals surface area (Å²) in [5.74, 6) is 1.35. The van der Waals surface area contributed by atoms with Crippen LogP contribution in [0.1, 0.15) is 44.2 Å². The van der Waals surface area contributed by atoms with E-state index < -0.39 is 0 Å². The van der Waals surface area contributed by atoms with Crippen LogP contribution < -0.4 is 4.90 Å². The zero-order valence-corrected chi connectivity index (χ0v) is 15.6. The lowest BCUT2D eigenvalue weighted by Gasteiger charge is -2.36. The molecule has 3 rings (SSSR count). The molecule has 2 saturated heterocycles. The largest absolute Gasteiger partial charge is 0.353 e. The highest BCUT2D eigenvalue weighted by Crippen LogP contribution is 2.15. The summed E-state index contributed by atoms with van der Waals surface area (Å²) in [6, 6.07) is 6.14. The van der Waals surface area contributed by atoms with E-state index in [2.05, 4.69) is 26.9 Å². The normalized spacial score (nSPS) is 20.2. The monoisotopic (exact) mass is 344 g/mol. The Kier molecular flexibility index (Phi) is 6.68. The van der Waals surface area contributed by atoms with Gasteiger partial charge in [0.05, 0.1) is 0 Å². The summed E-state index contributed by atoms with van der Waals surface area (Å²) in [6.07, 6.45) is 7.32. The number of piperazine rings is 1. The van der Waals surface area contributed by atoms with Gasteiger partial charge in [-0.25, -0.2) is 4.98 Å². The molecule has 2 fully saturated rings. The quantitative estimate of drug-likeness (QED) is 0.842. The van der Waals surface area contributed by atoms with E-state index in [-0.39, 0.29) is 0 Å². The van der Waals surface area contributed by atoms with Crippen LogP contribution in [-0.4, -0.2) is 66.5 Å². The van der Waals surface area contributed by atoms with Crippen molar-refractivity contribution < 1.29 is 4.79 Å². The molecule has 0 saturated carbocycles. The van der Waals surface area contributed by atoms with E-state index >= 15 is 0 Å². The summed E-state index contributed by atoms with van der Waals surface area (Å²) in [5, 5.41) is 0. The first-order chi connectivity index (χ1) is 12.2. The predicted octanol–water partition coefficient (Wildman–Crippen LogP) is 2.69. The second kappa shape index (κ2) is 9.18. The number of carbonyl (C=O) groups is 1. The highest BCUT2D eigenvalue weighted by atomic mass is 16.2. The number of anilines is 1. The number of likely N-dealkylation sites (tertiary alicyclic amines) is 1. The van der Waals surface area contributed by atoms with E-state index in [1.54, 1.807) is 0 Å². The number of rotatable bonds is 4. The maximum Gasteiger partial charge on any atom is 0.223 e. The van der Waals surface area contributed by atoms with Crippen molar-refractivity contribution >= 4 is 11.7 Å². The average molecular weight is 345 g/mol. The van der Waals surface area contributed by atoms with Gasteiger partial charge in [0, 0.05) is 44.8 Å². The second-order valence-corrected chi connectivity index (χ2v) is 7.36. The molecule has 1 amide bonds. The molecule has 0 aromatic carbocycles. The first kappa shape index (κ1) is 18.2. The summed E-state index contributed by atoms with van der Waals surface area (Å²) in [5.41, 5.74) is 1.05. The van der Waals surface area contributed by atoms with Crippen LogP contribution >= 0.6 is 0 Å². The molecule has 1 aromatic heterocycles. The van der Waals surface area contributed by atoms with Crippen molar-refractivity contribution in [2.45, 2.75) is 45.4 Å². The van der Waals surface area contributed by atoms with E-state index in [9.17, 15) is 4.79 Å². The number of hydrogen-bond donors (Lipinski definition) is 0. The zero-order chi connectivity index (χ0) is 17.5. The van der Waals surface area contributed by atoms with Gasteiger partial charge in [0.2, 0.25) is 5.91 Å². The molecular weight excluding hydrogens is 312 g/mol. The molecule has 25 heavy (non-hydrogen) atoms. The van der Waals surface area contributed by atoms with Crippen molar-refractivity contribution in [2.75, 3.05) is 50.7 Å². The summed E-state index contributed by atoms with van der Waals surface area (Å²) >= 11 is 0. The van der Waals surface area contributed by atoms with Crippen molar-refractivity contribution in [3.8, 4) is 0 Å². The molecular formula is C20H32N4O. The summed E-state index contributed by atoms with van der Waals surface area (Å²) in [7, 11) is 0. The number of aromatic nitrogens is 1. The first-order valence-corrected chi connectivity index (χ1v) is 9.91. The third-order valence-corrected chi connectivity index (χ3v) is 5.42. The fourth-order valence-electron chi connectivity index (χ4n) is 3.84. The minimum atomic E-state index is 0.318. The fourth-order valence-corrected chi connectivity index (χ4v) is 3.84. The molecule has 5 nitrogen and oxygen atoms in total. The third kappa shape index (κ3) is 5.43. The summed E-state index contributed by atoms with van der Waals surface area (Å²) < 4.78 is 0. The van der Waals surface area contributed by atoms with Crippen LogP contribution in [0.2, 0.25) is 0 Å². The van der Waals surface area contributed by atoms with Crippen LogP contribution in [-0.2, 0) is 4.79 Å². The molecule has 5 heteroatoms. The van der Waals surface area contributed by atoms with E-state index in [0.717, 1.165) is 44.2 Å². The van der Waals surface area contributed by atoms with Gasteiger partial charge in [0.15, 0.2) is 0 Å². The molecule has 3 heterocycles. The number of pyridine rings is 1. The Hall–Kier alpha value is -1.62. The lowest BCUT2D eigenvalue weighted by molar-refractivity contribution is -0.131. The molecule has 0 bridgehead atoms. The topological polar surface area (TPSA) is 39.7 Å². The SMILES string of the molecule is Cc1cccc(N2CCN(C(=O)CCN3CCCCCCC3)CC2)n1. The summed E-state index contributed by atoms with van der Waals surface area (Å²) in [6.45, 7) is 8.67.